The summed E-state index contributed by atoms with van der Waals surface area (Å²) in [5.41, 5.74) is 2.68. The second-order valence-corrected chi connectivity index (χ2v) is 8.32. The number of thioether (sulfide) groups is 1. The number of rotatable bonds is 6. The van der Waals surface area contributed by atoms with Gasteiger partial charge in [-0.25, -0.2) is 4.98 Å². The van der Waals surface area contributed by atoms with Gasteiger partial charge in [-0.15, -0.1) is 23.1 Å². The number of anilines is 1. The number of carbonyl (C=O) groups excluding carboxylic acids is 2. The first kappa shape index (κ1) is 19.3. The number of benzene rings is 1. The number of amides is 1. The molecule has 0 aliphatic heterocycles. The Hall–Kier alpha value is -2.45. The van der Waals surface area contributed by atoms with E-state index in [9.17, 15) is 14.4 Å². The number of hydrogen-bond donors (Lipinski definition) is 1. The molecule has 0 fully saturated rings. The van der Waals surface area contributed by atoms with E-state index < -0.39 is 0 Å². The van der Waals surface area contributed by atoms with Crippen molar-refractivity contribution in [2.75, 3.05) is 5.32 Å². The van der Waals surface area contributed by atoms with Crippen LogP contribution in [-0.4, -0.2) is 26.3 Å². The van der Waals surface area contributed by atoms with E-state index in [0.717, 1.165) is 5.69 Å². The first-order valence-electron chi connectivity index (χ1n) is 8.35. The monoisotopic (exact) mass is 401 g/mol. The molecule has 0 aliphatic rings. The number of carbonyl (C=O) groups is 2. The highest BCUT2D eigenvalue weighted by atomic mass is 32.2. The van der Waals surface area contributed by atoms with Crippen LogP contribution in [0.2, 0.25) is 0 Å². The van der Waals surface area contributed by atoms with Crippen LogP contribution >= 0.6 is 23.1 Å². The van der Waals surface area contributed by atoms with Crippen molar-refractivity contribution in [2.45, 2.75) is 31.8 Å². The summed E-state index contributed by atoms with van der Waals surface area (Å²) in [5, 5.41) is 4.41. The molecule has 1 atom stereocenters. The summed E-state index contributed by atoms with van der Waals surface area (Å²) in [4.78, 5) is 41.0. The number of nitrogens with one attached hydrogen (secondary N) is 1. The Labute approximate surface area is 164 Å². The van der Waals surface area contributed by atoms with Crippen molar-refractivity contribution in [3.63, 3.8) is 0 Å². The van der Waals surface area contributed by atoms with Crippen LogP contribution in [0.15, 0.2) is 40.5 Å². The summed E-state index contributed by atoms with van der Waals surface area (Å²) >= 11 is 2.84. The van der Waals surface area contributed by atoms with Crippen LogP contribution in [0.25, 0.3) is 4.96 Å². The topological polar surface area (TPSA) is 80.5 Å². The number of fused-ring (bicyclic) bond motifs is 1. The fraction of sp³-hybridized carbons (Fsp3) is 0.263. The molecule has 3 rings (SSSR count). The van der Waals surface area contributed by atoms with Crippen molar-refractivity contribution in [1.82, 2.24) is 9.38 Å². The van der Waals surface area contributed by atoms with Gasteiger partial charge in [-0.05, 0) is 45.0 Å². The van der Waals surface area contributed by atoms with Crippen LogP contribution in [-0.2, 0) is 10.5 Å². The minimum absolute atomic E-state index is 0.0156. The lowest BCUT2D eigenvalue weighted by Gasteiger charge is -2.12. The summed E-state index contributed by atoms with van der Waals surface area (Å²) < 4.78 is 1.58. The highest BCUT2D eigenvalue weighted by Gasteiger charge is 2.15. The van der Waals surface area contributed by atoms with Crippen LogP contribution in [0.1, 0.15) is 35.6 Å². The lowest BCUT2D eigenvalue weighted by Crippen LogP contribution is -2.23. The third-order valence-electron chi connectivity index (χ3n) is 4.04. The lowest BCUT2D eigenvalue weighted by atomic mass is 10.1. The van der Waals surface area contributed by atoms with Crippen molar-refractivity contribution in [3.8, 4) is 0 Å². The standard InChI is InChI=1S/C19H19N3O3S2/c1-11-9-27-19-21-16(8-17(24)22(11)19)10-26-13(3)18(25)20-15-6-4-14(5-7-15)12(2)23/h4-9,13H,10H2,1-3H3,(H,20,25)/t13-/m0/s1. The maximum Gasteiger partial charge on any atom is 0.258 e. The fourth-order valence-corrected chi connectivity index (χ4v) is 4.16. The van der Waals surface area contributed by atoms with Crippen LogP contribution in [0, 0.1) is 6.92 Å². The minimum Gasteiger partial charge on any atom is -0.325 e. The number of ketones is 1. The maximum absolute atomic E-state index is 12.4. The molecule has 8 heteroatoms. The van der Waals surface area contributed by atoms with E-state index in [1.807, 2.05) is 19.2 Å². The highest BCUT2D eigenvalue weighted by molar-refractivity contribution is 7.99. The van der Waals surface area contributed by atoms with Gasteiger partial charge in [0, 0.05) is 34.1 Å². The Bertz CT molecular complexity index is 1050. The van der Waals surface area contributed by atoms with Crippen LogP contribution in [0.4, 0.5) is 5.69 Å². The summed E-state index contributed by atoms with van der Waals surface area (Å²) in [6.45, 7) is 5.18. The second-order valence-electron chi connectivity index (χ2n) is 6.16. The zero-order valence-corrected chi connectivity index (χ0v) is 16.8. The van der Waals surface area contributed by atoms with E-state index in [1.54, 1.807) is 28.7 Å². The SMILES string of the molecule is CC(=O)c1ccc(NC(=O)[C@H](C)SCc2cc(=O)n3c(C)csc3n2)cc1. The zero-order valence-electron chi connectivity index (χ0n) is 15.2. The number of Topliss-reactive ketones (excluding diaryl/α,β-unsaturated/α-hetero) is 1. The molecule has 2 heterocycles. The van der Waals surface area contributed by atoms with Gasteiger partial charge in [0.25, 0.3) is 5.56 Å². The normalized spacial score (nSPS) is 12.1. The van der Waals surface area contributed by atoms with Gasteiger partial charge in [0.05, 0.1) is 10.9 Å². The van der Waals surface area contributed by atoms with Crippen LogP contribution in [0.3, 0.4) is 0 Å². The molecule has 6 nitrogen and oxygen atoms in total. The Morgan fingerprint density at radius 1 is 1.30 bits per heavy atom. The van der Waals surface area contributed by atoms with Gasteiger partial charge < -0.3 is 5.32 Å². The largest absolute Gasteiger partial charge is 0.325 e. The molecule has 0 bridgehead atoms. The predicted molar refractivity (Wildman–Crippen MR) is 110 cm³/mol. The number of aromatic nitrogens is 2. The van der Waals surface area contributed by atoms with Gasteiger partial charge in [-0.1, -0.05) is 0 Å². The van der Waals surface area contributed by atoms with Gasteiger partial charge in [0.2, 0.25) is 5.91 Å². The molecule has 2 aromatic heterocycles. The van der Waals surface area contributed by atoms with Gasteiger partial charge in [-0.3, -0.25) is 18.8 Å². The van der Waals surface area contributed by atoms with Crippen molar-refractivity contribution in [2.24, 2.45) is 0 Å². The molecule has 0 spiro atoms. The fourth-order valence-electron chi connectivity index (χ4n) is 2.49. The van der Waals surface area contributed by atoms with E-state index in [-0.39, 0.29) is 22.5 Å². The molecule has 1 N–H and O–H groups in total. The van der Waals surface area contributed by atoms with E-state index >= 15 is 0 Å². The molecule has 0 saturated heterocycles. The van der Waals surface area contributed by atoms with Crippen LogP contribution in [0.5, 0.6) is 0 Å². The Kier molecular flexibility index (Phi) is 5.76. The third kappa shape index (κ3) is 4.45. The Morgan fingerprint density at radius 3 is 2.67 bits per heavy atom. The average Bonchev–Trinajstić information content (AvgIpc) is 3.01. The molecule has 140 valence electrons. The van der Waals surface area contributed by atoms with Crippen LogP contribution < -0.4 is 10.9 Å². The molecule has 0 unspecified atom stereocenters. The Morgan fingerprint density at radius 2 is 2.00 bits per heavy atom. The molecule has 0 aliphatic carbocycles. The predicted octanol–water partition coefficient (Wildman–Crippen LogP) is 3.53. The molecule has 0 radical (unpaired) electrons. The quantitative estimate of drug-likeness (QED) is 0.639. The molecule has 0 saturated carbocycles. The van der Waals surface area contributed by atoms with E-state index in [2.05, 4.69) is 10.3 Å². The summed E-state index contributed by atoms with van der Waals surface area (Å²) in [6, 6.07) is 8.31. The summed E-state index contributed by atoms with van der Waals surface area (Å²) in [5.74, 6) is 0.319. The number of hydrogen-bond acceptors (Lipinski definition) is 6. The van der Waals surface area contributed by atoms with E-state index in [4.69, 9.17) is 0 Å². The second kappa shape index (κ2) is 8.06. The average molecular weight is 402 g/mol. The van der Waals surface area contributed by atoms with Crippen molar-refractivity contribution < 1.29 is 9.59 Å². The first-order chi connectivity index (χ1) is 12.8. The minimum atomic E-state index is -0.317. The van der Waals surface area contributed by atoms with Crippen molar-refractivity contribution in [1.29, 1.82) is 0 Å². The Balaban J connectivity index is 1.61. The van der Waals surface area contributed by atoms with Crippen molar-refractivity contribution >= 4 is 45.4 Å². The van der Waals surface area contributed by atoms with Gasteiger partial charge in [0.15, 0.2) is 10.7 Å². The molecule has 3 aromatic rings. The molecule has 1 aromatic carbocycles. The smallest absolute Gasteiger partial charge is 0.258 e. The van der Waals surface area contributed by atoms with Gasteiger partial charge in [-0.2, -0.15) is 0 Å². The van der Waals surface area contributed by atoms with Gasteiger partial charge in [0.1, 0.15) is 0 Å². The van der Waals surface area contributed by atoms with Gasteiger partial charge >= 0.3 is 0 Å². The molecule has 1 amide bonds. The molecular weight excluding hydrogens is 382 g/mol. The van der Waals surface area contributed by atoms with Crippen molar-refractivity contribution in [3.05, 3.63) is 63.0 Å². The molecular formula is C19H19N3O3S2. The number of thiazole rings is 1. The molecule has 27 heavy (non-hydrogen) atoms. The maximum atomic E-state index is 12.4. The highest BCUT2D eigenvalue weighted by Crippen LogP contribution is 2.20. The zero-order chi connectivity index (χ0) is 19.6. The number of nitrogens with zero attached hydrogens (tertiary/aromatic N) is 2. The third-order valence-corrected chi connectivity index (χ3v) is 6.16. The first-order valence-corrected chi connectivity index (χ1v) is 10.3. The number of aryl methyl sites for hydroxylation is 1. The lowest BCUT2D eigenvalue weighted by molar-refractivity contribution is -0.115. The van der Waals surface area contributed by atoms with E-state index in [1.165, 1.54) is 36.1 Å². The summed E-state index contributed by atoms with van der Waals surface area (Å²) in [6.07, 6.45) is 0. The van der Waals surface area contributed by atoms with E-state index in [0.29, 0.717) is 27.7 Å². The summed E-state index contributed by atoms with van der Waals surface area (Å²) in [7, 11) is 0.